The van der Waals surface area contributed by atoms with Crippen molar-refractivity contribution in [2.45, 2.75) is 13.3 Å². The van der Waals surface area contributed by atoms with Gasteiger partial charge in [-0.3, -0.25) is 9.59 Å². The summed E-state index contributed by atoms with van der Waals surface area (Å²) in [6.45, 7) is 1.71. The van der Waals surface area contributed by atoms with Crippen LogP contribution in [0.25, 0.3) is 0 Å². The van der Waals surface area contributed by atoms with Crippen LogP contribution < -0.4 is 44.7 Å². The number of carboxylic acid groups (broad SMARTS) is 1. The van der Waals surface area contributed by atoms with Crippen LogP contribution in [0.2, 0.25) is 0 Å². The first kappa shape index (κ1) is 20.5. The molecule has 0 saturated heterocycles. The van der Waals surface area contributed by atoms with Crippen molar-refractivity contribution in [3.8, 4) is 5.75 Å². The van der Waals surface area contributed by atoms with Crippen molar-refractivity contribution in [1.82, 2.24) is 4.90 Å². The maximum Gasteiger partial charge on any atom is 1.00 e. The predicted octanol–water partition coefficient (Wildman–Crippen LogP) is -3.21. The summed E-state index contributed by atoms with van der Waals surface area (Å²) in [4.78, 5) is 35.8. The average Bonchev–Trinajstić information content (AvgIpc) is 3.27. The number of amides is 2. The van der Waals surface area contributed by atoms with Gasteiger partial charge in [-0.25, -0.2) is 0 Å². The zero-order valence-corrected chi connectivity index (χ0v) is 16.3. The van der Waals surface area contributed by atoms with Gasteiger partial charge in [0.2, 0.25) is 5.91 Å². The molecule has 2 amide bonds. The summed E-state index contributed by atoms with van der Waals surface area (Å²) in [5.74, 6) is -2.71. The van der Waals surface area contributed by atoms with E-state index in [1.807, 2.05) is 6.92 Å². The second-order valence-electron chi connectivity index (χ2n) is 5.83. The number of aliphatic carboxylic acids is 1. The maximum atomic E-state index is 12.0. The van der Waals surface area contributed by atoms with E-state index in [4.69, 9.17) is 4.74 Å². The maximum absolute atomic E-state index is 12.0. The summed E-state index contributed by atoms with van der Waals surface area (Å²) in [5, 5.41) is 13.4. The fraction of sp³-hybridized carbons (Fsp3) is 0.438. The van der Waals surface area contributed by atoms with E-state index in [2.05, 4.69) is 5.32 Å². The number of carbonyl (C=O) groups is 3. The van der Waals surface area contributed by atoms with Gasteiger partial charge >= 0.3 is 29.6 Å². The Morgan fingerprint density at radius 3 is 2.50 bits per heavy atom. The third-order valence-electron chi connectivity index (χ3n) is 3.67. The number of ether oxygens (including phenoxy) is 1. The summed E-state index contributed by atoms with van der Waals surface area (Å²) in [7, 11) is 3.25. The van der Waals surface area contributed by atoms with E-state index in [1.165, 1.54) is 4.90 Å². The van der Waals surface area contributed by atoms with Crippen molar-refractivity contribution in [2.75, 3.05) is 26.0 Å². The molecule has 0 aliphatic heterocycles. The number of nitrogens with one attached hydrogen (secondary N) is 1. The smallest absolute Gasteiger partial charge is 0.550 e. The van der Waals surface area contributed by atoms with Crippen molar-refractivity contribution < 1.29 is 53.8 Å². The Morgan fingerprint density at radius 2 is 1.96 bits per heavy atom. The molecule has 2 atom stereocenters. The number of likely N-dealkylation sites (N-methyl/N-ethyl adjacent to an activating group) is 1. The van der Waals surface area contributed by atoms with Gasteiger partial charge in [0.05, 0.1) is 5.69 Å². The van der Waals surface area contributed by atoms with E-state index in [9.17, 15) is 19.5 Å². The van der Waals surface area contributed by atoms with Crippen molar-refractivity contribution >= 4 is 23.5 Å². The number of benzene rings is 1. The molecule has 24 heavy (non-hydrogen) atoms. The van der Waals surface area contributed by atoms with Crippen molar-refractivity contribution in [2.24, 2.45) is 11.8 Å². The topological polar surface area (TPSA) is 98.8 Å². The normalized spacial score (nSPS) is 18.1. The summed E-state index contributed by atoms with van der Waals surface area (Å²) < 4.78 is 5.48. The SMILES string of the molecule is Cc1ccc(NC(=O)[C@@H]2C[C@@H]2C(=O)[O-])c(OCC(=O)N(C)C)c1.[Na+]. The minimum atomic E-state index is -1.21. The van der Waals surface area contributed by atoms with Gasteiger partial charge in [0.15, 0.2) is 6.61 Å². The van der Waals surface area contributed by atoms with E-state index in [1.54, 1.807) is 32.3 Å². The number of hydrogen-bond acceptors (Lipinski definition) is 5. The Bertz CT molecular complexity index is 647. The third-order valence-corrected chi connectivity index (χ3v) is 3.67. The molecule has 0 radical (unpaired) electrons. The first-order chi connectivity index (χ1) is 10.8. The van der Waals surface area contributed by atoms with E-state index < -0.39 is 17.8 Å². The number of aryl methyl sites for hydroxylation is 1. The quantitative estimate of drug-likeness (QED) is 0.549. The molecule has 1 aliphatic carbocycles. The molecule has 0 bridgehead atoms. The number of nitrogens with zero attached hydrogens (tertiary/aromatic N) is 1. The van der Waals surface area contributed by atoms with Gasteiger partial charge in [0.1, 0.15) is 5.75 Å². The van der Waals surface area contributed by atoms with Crippen LogP contribution in [-0.2, 0) is 14.4 Å². The standard InChI is InChI=1S/C16H20N2O5.Na/c1-9-4-5-12(13(6-9)23-8-14(19)18(2)3)17-15(20)10-7-11(10)16(21)22;/h4-6,10-11H,7-8H2,1-3H3,(H,17,20)(H,21,22);/q;+1/p-1/t10-,11+;/m1./s1. The van der Waals surface area contributed by atoms with Gasteiger partial charge in [0, 0.05) is 31.9 Å². The fourth-order valence-electron chi connectivity index (χ4n) is 2.09. The fourth-order valence-corrected chi connectivity index (χ4v) is 2.09. The second-order valence-corrected chi connectivity index (χ2v) is 5.83. The molecule has 1 saturated carbocycles. The first-order valence-electron chi connectivity index (χ1n) is 7.25. The van der Waals surface area contributed by atoms with Gasteiger partial charge in [0.25, 0.3) is 5.91 Å². The molecule has 0 unspecified atom stereocenters. The van der Waals surface area contributed by atoms with Crippen LogP contribution in [0, 0.1) is 18.8 Å². The summed E-state index contributed by atoms with van der Waals surface area (Å²) in [6.07, 6.45) is 0.287. The number of carbonyl (C=O) groups excluding carboxylic acids is 3. The second kappa shape index (κ2) is 8.50. The molecule has 8 heteroatoms. The predicted molar refractivity (Wildman–Crippen MR) is 80.6 cm³/mol. The molecule has 0 aromatic heterocycles. The van der Waals surface area contributed by atoms with Crippen LogP contribution in [0.1, 0.15) is 12.0 Å². The van der Waals surface area contributed by atoms with E-state index in [-0.39, 0.29) is 54.4 Å². The van der Waals surface area contributed by atoms with Gasteiger partial charge < -0.3 is 24.9 Å². The van der Waals surface area contributed by atoms with Gasteiger partial charge in [-0.15, -0.1) is 0 Å². The van der Waals surface area contributed by atoms with E-state index in [0.717, 1.165) is 5.56 Å². The minimum Gasteiger partial charge on any atom is -0.550 e. The molecular weight excluding hydrogens is 323 g/mol. The molecule has 1 aliphatic rings. The third kappa shape index (κ3) is 5.22. The number of rotatable bonds is 6. The Kier molecular flexibility index (Phi) is 7.26. The van der Waals surface area contributed by atoms with Crippen LogP contribution in [0.15, 0.2) is 18.2 Å². The molecule has 7 nitrogen and oxygen atoms in total. The average molecular weight is 342 g/mol. The molecule has 124 valence electrons. The van der Waals surface area contributed by atoms with Gasteiger partial charge in [-0.2, -0.15) is 0 Å². The van der Waals surface area contributed by atoms with Crippen LogP contribution in [0.3, 0.4) is 0 Å². The Labute approximate surface area is 162 Å². The molecule has 0 heterocycles. The van der Waals surface area contributed by atoms with Crippen molar-refractivity contribution in [3.05, 3.63) is 23.8 Å². The summed E-state index contributed by atoms with van der Waals surface area (Å²) in [6, 6.07) is 5.17. The number of hydrogen-bond donors (Lipinski definition) is 1. The Morgan fingerprint density at radius 1 is 1.29 bits per heavy atom. The number of anilines is 1. The van der Waals surface area contributed by atoms with Crippen molar-refractivity contribution in [3.63, 3.8) is 0 Å². The molecule has 1 aromatic carbocycles. The van der Waals surface area contributed by atoms with Crippen LogP contribution in [0.5, 0.6) is 5.75 Å². The van der Waals surface area contributed by atoms with Gasteiger partial charge in [-0.05, 0) is 31.0 Å². The molecule has 1 aromatic rings. The van der Waals surface area contributed by atoms with Crippen LogP contribution in [0.4, 0.5) is 5.69 Å². The molecule has 1 fully saturated rings. The zero-order valence-electron chi connectivity index (χ0n) is 14.3. The summed E-state index contributed by atoms with van der Waals surface area (Å²) in [5.41, 5.74) is 1.32. The monoisotopic (exact) mass is 342 g/mol. The first-order valence-corrected chi connectivity index (χ1v) is 7.25. The van der Waals surface area contributed by atoms with Crippen LogP contribution >= 0.6 is 0 Å². The van der Waals surface area contributed by atoms with Crippen molar-refractivity contribution in [1.29, 1.82) is 0 Å². The Balaban J connectivity index is 0.00000288. The Hall–Kier alpha value is -1.57. The molecule has 0 spiro atoms. The van der Waals surface area contributed by atoms with Crippen LogP contribution in [-0.4, -0.2) is 43.4 Å². The molecule has 2 rings (SSSR count). The molecule has 1 N–H and O–H groups in total. The number of carboxylic acids is 1. The molecular formula is C16H19N2NaO5. The zero-order chi connectivity index (χ0) is 17.1. The minimum absolute atomic E-state index is 0. The van der Waals surface area contributed by atoms with Gasteiger partial charge in [-0.1, -0.05) is 6.07 Å². The van der Waals surface area contributed by atoms with E-state index in [0.29, 0.717) is 11.4 Å². The largest absolute Gasteiger partial charge is 1.00 e. The summed E-state index contributed by atoms with van der Waals surface area (Å²) >= 11 is 0. The van der Waals surface area contributed by atoms with E-state index >= 15 is 0 Å².